The minimum atomic E-state index is -0.753. The number of hydrogen-bond acceptors (Lipinski definition) is 1. The molecule has 0 aliphatic rings. The van der Waals surface area contributed by atoms with Crippen molar-refractivity contribution in [2.45, 2.75) is 12.5 Å². The van der Waals surface area contributed by atoms with Crippen LogP contribution in [0.25, 0.3) is 0 Å². The van der Waals surface area contributed by atoms with Crippen LogP contribution < -0.4 is 5.32 Å². The topological polar surface area (TPSA) is 29.1 Å². The largest absolute Gasteiger partial charge is 0.339 e. The minimum Gasteiger partial charge on any atom is -0.339 e. The van der Waals surface area contributed by atoms with Crippen molar-refractivity contribution in [3.63, 3.8) is 0 Å². The first kappa shape index (κ1) is 17.2. The van der Waals surface area contributed by atoms with Crippen LogP contribution in [0.3, 0.4) is 0 Å². The van der Waals surface area contributed by atoms with Gasteiger partial charge in [0, 0.05) is 0 Å². The van der Waals surface area contributed by atoms with E-state index in [2.05, 4.69) is 5.32 Å². The normalized spacial score (nSPS) is 11.2. The summed E-state index contributed by atoms with van der Waals surface area (Å²) in [5.74, 6) is -0.837. The molecule has 3 rings (SSSR count). The van der Waals surface area contributed by atoms with E-state index in [1.54, 1.807) is 0 Å². The Labute approximate surface area is 151 Å². The van der Waals surface area contributed by atoms with Crippen LogP contribution in [0, 0.1) is 5.82 Å². The van der Waals surface area contributed by atoms with E-state index in [0.717, 1.165) is 17.2 Å². The molecule has 3 aromatic carbocycles. The second kappa shape index (κ2) is 7.08. The summed E-state index contributed by atoms with van der Waals surface area (Å²) in [5, 5.41) is 3.14. The van der Waals surface area contributed by atoms with E-state index < -0.39 is 11.4 Å². The maximum Gasteiger partial charge on any atom is 0.253 e. The average molecular weight is 354 g/mol. The molecule has 0 atom stereocenters. The maximum atomic E-state index is 13.3. The molecule has 0 aromatic heterocycles. The predicted molar refractivity (Wildman–Crippen MR) is 98.2 cm³/mol. The van der Waals surface area contributed by atoms with Crippen LogP contribution >= 0.6 is 11.6 Å². The first-order chi connectivity index (χ1) is 12.0. The number of rotatable bonds is 4. The Bertz CT molecular complexity index is 841. The molecular weight excluding hydrogens is 337 g/mol. The number of amides is 1. The van der Waals surface area contributed by atoms with Crippen molar-refractivity contribution in [3.8, 4) is 0 Å². The molecule has 0 bridgehead atoms. The van der Waals surface area contributed by atoms with E-state index in [1.165, 1.54) is 12.1 Å². The SMILES string of the molecule is CC(NC(=O)c1ccc(F)cc1Cl)(c1ccccc1)c1ccccc1. The molecule has 0 saturated heterocycles. The Morgan fingerprint density at radius 1 is 0.920 bits per heavy atom. The zero-order valence-corrected chi connectivity index (χ0v) is 14.4. The summed E-state index contributed by atoms with van der Waals surface area (Å²) in [7, 11) is 0. The fourth-order valence-corrected chi connectivity index (χ4v) is 3.08. The van der Waals surface area contributed by atoms with Crippen molar-refractivity contribution in [2.24, 2.45) is 0 Å². The minimum absolute atomic E-state index is 0.0842. The summed E-state index contributed by atoms with van der Waals surface area (Å²) < 4.78 is 13.3. The summed E-state index contributed by atoms with van der Waals surface area (Å²) >= 11 is 6.04. The number of hydrogen-bond donors (Lipinski definition) is 1. The molecule has 0 fully saturated rings. The molecule has 0 saturated carbocycles. The van der Waals surface area contributed by atoms with Gasteiger partial charge in [-0.3, -0.25) is 4.79 Å². The van der Waals surface area contributed by atoms with Gasteiger partial charge in [-0.15, -0.1) is 0 Å². The Morgan fingerprint density at radius 3 is 1.92 bits per heavy atom. The summed E-state index contributed by atoms with van der Waals surface area (Å²) in [6.45, 7) is 1.94. The van der Waals surface area contributed by atoms with Crippen molar-refractivity contribution in [1.82, 2.24) is 5.32 Å². The summed E-state index contributed by atoms with van der Waals surface area (Å²) in [5.41, 5.74) is 1.36. The van der Waals surface area contributed by atoms with Crippen LogP contribution in [0.2, 0.25) is 5.02 Å². The fourth-order valence-electron chi connectivity index (χ4n) is 2.82. The number of halogens is 2. The standard InChI is InChI=1S/C21H17ClFNO/c1-21(15-8-4-2-5-9-15,16-10-6-3-7-11-16)24-20(25)18-13-12-17(23)14-19(18)22/h2-14H,1H3,(H,24,25). The van der Waals surface area contributed by atoms with Crippen LogP contribution in [-0.2, 0) is 5.54 Å². The zero-order valence-electron chi connectivity index (χ0n) is 13.7. The Balaban J connectivity index is 2.03. The third-order valence-corrected chi connectivity index (χ3v) is 4.55. The molecule has 0 heterocycles. The average Bonchev–Trinajstić information content (AvgIpc) is 2.63. The Kier molecular flexibility index (Phi) is 4.86. The van der Waals surface area contributed by atoms with Crippen molar-refractivity contribution in [3.05, 3.63) is 106 Å². The van der Waals surface area contributed by atoms with Crippen molar-refractivity contribution in [2.75, 3.05) is 0 Å². The third kappa shape index (κ3) is 3.57. The molecule has 1 amide bonds. The first-order valence-corrected chi connectivity index (χ1v) is 8.27. The highest BCUT2D eigenvalue weighted by atomic mass is 35.5. The highest BCUT2D eigenvalue weighted by Crippen LogP contribution is 2.30. The summed E-state index contributed by atoms with van der Waals surface area (Å²) in [4.78, 5) is 12.8. The lowest BCUT2D eigenvalue weighted by atomic mass is 9.84. The fraction of sp³-hybridized carbons (Fsp3) is 0.0952. The lowest BCUT2D eigenvalue weighted by Crippen LogP contribution is -2.44. The van der Waals surface area contributed by atoms with Gasteiger partial charge >= 0.3 is 0 Å². The molecule has 0 aliphatic carbocycles. The van der Waals surface area contributed by atoms with Crippen LogP contribution in [0.5, 0.6) is 0 Å². The van der Waals surface area contributed by atoms with Crippen molar-refractivity contribution in [1.29, 1.82) is 0 Å². The quantitative estimate of drug-likeness (QED) is 0.688. The van der Waals surface area contributed by atoms with Gasteiger partial charge in [0.25, 0.3) is 5.91 Å². The number of carbonyl (C=O) groups is 1. The van der Waals surface area contributed by atoms with Crippen molar-refractivity contribution >= 4 is 17.5 Å². The van der Waals surface area contributed by atoms with E-state index >= 15 is 0 Å². The van der Waals surface area contributed by atoms with Crippen LogP contribution in [0.4, 0.5) is 4.39 Å². The lowest BCUT2D eigenvalue weighted by Gasteiger charge is -2.32. The Morgan fingerprint density at radius 2 is 1.44 bits per heavy atom. The zero-order chi connectivity index (χ0) is 17.9. The van der Waals surface area contributed by atoms with Gasteiger partial charge in [0.1, 0.15) is 5.82 Å². The van der Waals surface area contributed by atoms with Gasteiger partial charge in [-0.1, -0.05) is 72.3 Å². The van der Waals surface area contributed by atoms with Crippen molar-refractivity contribution < 1.29 is 9.18 Å². The summed E-state index contributed by atoms with van der Waals surface area (Å²) in [6.07, 6.45) is 0. The number of nitrogens with one attached hydrogen (secondary N) is 1. The number of carbonyl (C=O) groups excluding carboxylic acids is 1. The van der Waals surface area contributed by atoms with E-state index in [9.17, 15) is 9.18 Å². The highest BCUT2D eigenvalue weighted by molar-refractivity contribution is 6.33. The molecular formula is C21H17ClFNO. The van der Waals surface area contributed by atoms with E-state index in [4.69, 9.17) is 11.6 Å². The molecule has 0 aliphatic heterocycles. The van der Waals surface area contributed by atoms with Crippen LogP contribution in [-0.4, -0.2) is 5.91 Å². The highest BCUT2D eigenvalue weighted by Gasteiger charge is 2.31. The first-order valence-electron chi connectivity index (χ1n) is 7.89. The molecule has 4 heteroatoms. The van der Waals surface area contributed by atoms with Gasteiger partial charge in [0.15, 0.2) is 0 Å². The molecule has 2 nitrogen and oxygen atoms in total. The Hall–Kier alpha value is -2.65. The molecule has 126 valence electrons. The molecule has 0 unspecified atom stereocenters. The number of benzene rings is 3. The third-order valence-electron chi connectivity index (χ3n) is 4.24. The second-order valence-electron chi connectivity index (χ2n) is 5.94. The second-order valence-corrected chi connectivity index (χ2v) is 6.34. The van der Waals surface area contributed by atoms with E-state index in [1.807, 2.05) is 67.6 Å². The monoisotopic (exact) mass is 353 g/mol. The van der Waals surface area contributed by atoms with Gasteiger partial charge in [-0.05, 0) is 36.2 Å². The molecule has 1 N–H and O–H groups in total. The molecule has 3 aromatic rings. The van der Waals surface area contributed by atoms with Gasteiger partial charge in [0.2, 0.25) is 0 Å². The van der Waals surface area contributed by atoms with Gasteiger partial charge in [-0.25, -0.2) is 4.39 Å². The lowest BCUT2D eigenvalue weighted by molar-refractivity contribution is 0.0919. The summed E-state index contributed by atoms with van der Waals surface area (Å²) in [6, 6.07) is 23.1. The van der Waals surface area contributed by atoms with Gasteiger partial charge in [-0.2, -0.15) is 0 Å². The van der Waals surface area contributed by atoms with E-state index in [-0.39, 0.29) is 16.5 Å². The van der Waals surface area contributed by atoms with E-state index in [0.29, 0.717) is 0 Å². The van der Waals surface area contributed by atoms with Crippen LogP contribution in [0.15, 0.2) is 78.9 Å². The maximum absolute atomic E-state index is 13.3. The molecule has 0 spiro atoms. The predicted octanol–water partition coefficient (Wildman–Crippen LogP) is 5.17. The molecule has 0 radical (unpaired) electrons. The van der Waals surface area contributed by atoms with Gasteiger partial charge < -0.3 is 5.32 Å². The smallest absolute Gasteiger partial charge is 0.253 e. The van der Waals surface area contributed by atoms with Gasteiger partial charge in [0.05, 0.1) is 16.1 Å². The molecule has 25 heavy (non-hydrogen) atoms. The van der Waals surface area contributed by atoms with Crippen LogP contribution in [0.1, 0.15) is 28.4 Å².